The topological polar surface area (TPSA) is 26.3 Å². The highest BCUT2D eigenvalue weighted by atomic mass is 16.5. The first-order valence-electron chi connectivity index (χ1n) is 16.6. The number of carbonyl (C=O) groups excluding carboxylic acids is 1. The zero-order valence-electron chi connectivity index (χ0n) is 25.1. The van der Waals surface area contributed by atoms with E-state index in [2.05, 4.69) is 32.9 Å². The second kappa shape index (κ2) is 30.4. The van der Waals surface area contributed by atoms with E-state index in [9.17, 15) is 4.79 Å². The van der Waals surface area contributed by atoms with Gasteiger partial charge in [-0.1, -0.05) is 148 Å². The van der Waals surface area contributed by atoms with E-state index in [-0.39, 0.29) is 12.1 Å². The average molecular weight is 507 g/mol. The van der Waals surface area contributed by atoms with Gasteiger partial charge in [-0.05, 0) is 51.4 Å². The third-order valence-corrected chi connectivity index (χ3v) is 7.45. The summed E-state index contributed by atoms with van der Waals surface area (Å²) in [6.07, 6.45) is 38.6. The zero-order chi connectivity index (χ0) is 26.4. The molecular weight excluding hydrogens is 440 g/mol. The van der Waals surface area contributed by atoms with E-state index in [1.165, 1.54) is 141 Å². The summed E-state index contributed by atoms with van der Waals surface area (Å²) in [5, 5.41) is 0. The monoisotopic (exact) mass is 507 g/mol. The van der Waals surface area contributed by atoms with Gasteiger partial charge in [0.15, 0.2) is 0 Å². The molecule has 1 unspecified atom stereocenters. The van der Waals surface area contributed by atoms with Gasteiger partial charge in [-0.3, -0.25) is 4.79 Å². The molecular formula is C34H66O2. The van der Waals surface area contributed by atoms with Gasteiger partial charge < -0.3 is 4.74 Å². The van der Waals surface area contributed by atoms with E-state index in [1.807, 2.05) is 0 Å². The van der Waals surface area contributed by atoms with Crippen molar-refractivity contribution in [1.29, 1.82) is 0 Å². The predicted molar refractivity (Wildman–Crippen MR) is 161 cm³/mol. The molecule has 0 radical (unpaired) electrons. The maximum absolute atomic E-state index is 12.5. The quantitative estimate of drug-likeness (QED) is 0.0572. The Morgan fingerprint density at radius 3 is 1.39 bits per heavy atom. The molecule has 36 heavy (non-hydrogen) atoms. The van der Waals surface area contributed by atoms with Crippen LogP contribution in [0.1, 0.15) is 194 Å². The molecule has 0 spiro atoms. The highest BCUT2D eigenvalue weighted by Gasteiger charge is 2.14. The maximum atomic E-state index is 12.5. The fourth-order valence-corrected chi connectivity index (χ4v) is 4.96. The molecule has 0 aromatic heterocycles. The van der Waals surface area contributed by atoms with E-state index in [0.717, 1.165) is 25.7 Å². The SMILES string of the molecule is CCCC/C=C\CCCCCCCC(=O)OC(CCCCCCCC)CCCCCCCCCCC. The summed E-state index contributed by atoms with van der Waals surface area (Å²) in [6, 6.07) is 0. The zero-order valence-corrected chi connectivity index (χ0v) is 25.1. The number of ether oxygens (including phenoxy) is 1. The van der Waals surface area contributed by atoms with Crippen molar-refractivity contribution in [3.05, 3.63) is 12.2 Å². The van der Waals surface area contributed by atoms with Gasteiger partial charge in [0.05, 0.1) is 0 Å². The Kier molecular flexibility index (Phi) is 29.8. The summed E-state index contributed by atoms with van der Waals surface area (Å²) in [5.74, 6) is 0.0563. The van der Waals surface area contributed by atoms with Crippen molar-refractivity contribution in [2.75, 3.05) is 0 Å². The van der Waals surface area contributed by atoms with E-state index in [1.54, 1.807) is 0 Å². The molecule has 0 bridgehead atoms. The summed E-state index contributed by atoms with van der Waals surface area (Å²) >= 11 is 0. The number of hydrogen-bond donors (Lipinski definition) is 0. The number of carbonyl (C=O) groups is 1. The summed E-state index contributed by atoms with van der Waals surface area (Å²) in [4.78, 5) is 12.5. The second-order valence-electron chi connectivity index (χ2n) is 11.2. The molecule has 0 heterocycles. The number of rotatable bonds is 29. The van der Waals surface area contributed by atoms with Crippen molar-refractivity contribution in [2.45, 2.75) is 200 Å². The van der Waals surface area contributed by atoms with Crippen LogP contribution >= 0.6 is 0 Å². The first-order valence-corrected chi connectivity index (χ1v) is 16.6. The molecule has 0 saturated heterocycles. The third kappa shape index (κ3) is 27.8. The molecule has 0 aromatic carbocycles. The molecule has 0 rings (SSSR count). The van der Waals surface area contributed by atoms with Gasteiger partial charge in [0.1, 0.15) is 6.10 Å². The van der Waals surface area contributed by atoms with Crippen LogP contribution in [0.5, 0.6) is 0 Å². The first-order chi connectivity index (χ1) is 17.7. The lowest BCUT2D eigenvalue weighted by Crippen LogP contribution is -2.18. The fourth-order valence-electron chi connectivity index (χ4n) is 4.96. The summed E-state index contributed by atoms with van der Waals surface area (Å²) in [6.45, 7) is 6.80. The van der Waals surface area contributed by atoms with Crippen LogP contribution in [0.25, 0.3) is 0 Å². The van der Waals surface area contributed by atoms with Gasteiger partial charge in [-0.15, -0.1) is 0 Å². The van der Waals surface area contributed by atoms with Crippen LogP contribution in [0.4, 0.5) is 0 Å². The number of allylic oxidation sites excluding steroid dienone is 2. The maximum Gasteiger partial charge on any atom is 0.306 e. The lowest BCUT2D eigenvalue weighted by molar-refractivity contribution is -0.150. The molecule has 0 aliphatic rings. The van der Waals surface area contributed by atoms with Crippen LogP contribution < -0.4 is 0 Å². The average Bonchev–Trinajstić information content (AvgIpc) is 2.88. The summed E-state index contributed by atoms with van der Waals surface area (Å²) in [7, 11) is 0. The Bertz CT molecular complexity index is 456. The van der Waals surface area contributed by atoms with Crippen molar-refractivity contribution in [3.8, 4) is 0 Å². The summed E-state index contributed by atoms with van der Waals surface area (Å²) < 4.78 is 5.99. The predicted octanol–water partition coefficient (Wildman–Crippen LogP) is 12.0. The van der Waals surface area contributed by atoms with Gasteiger partial charge in [0.2, 0.25) is 0 Å². The fraction of sp³-hybridized carbons (Fsp3) is 0.912. The van der Waals surface area contributed by atoms with Crippen molar-refractivity contribution < 1.29 is 9.53 Å². The second-order valence-corrected chi connectivity index (χ2v) is 11.2. The Balaban J connectivity index is 3.98. The molecule has 0 aliphatic carbocycles. The smallest absolute Gasteiger partial charge is 0.306 e. The Labute approximate surface area is 227 Å². The van der Waals surface area contributed by atoms with E-state index in [4.69, 9.17) is 4.74 Å². The molecule has 2 nitrogen and oxygen atoms in total. The highest BCUT2D eigenvalue weighted by molar-refractivity contribution is 5.69. The van der Waals surface area contributed by atoms with Crippen molar-refractivity contribution in [2.24, 2.45) is 0 Å². The van der Waals surface area contributed by atoms with Crippen LogP contribution in [0, 0.1) is 0 Å². The third-order valence-electron chi connectivity index (χ3n) is 7.45. The molecule has 2 heteroatoms. The molecule has 214 valence electrons. The van der Waals surface area contributed by atoms with Crippen LogP contribution in [-0.4, -0.2) is 12.1 Å². The molecule has 0 N–H and O–H groups in total. The highest BCUT2D eigenvalue weighted by Crippen LogP contribution is 2.18. The largest absolute Gasteiger partial charge is 0.462 e. The Hall–Kier alpha value is -0.790. The van der Waals surface area contributed by atoms with E-state index in [0.29, 0.717) is 6.42 Å². The van der Waals surface area contributed by atoms with Gasteiger partial charge in [0, 0.05) is 6.42 Å². The number of hydrogen-bond acceptors (Lipinski definition) is 2. The lowest BCUT2D eigenvalue weighted by atomic mass is 10.0. The van der Waals surface area contributed by atoms with Crippen molar-refractivity contribution in [1.82, 2.24) is 0 Å². The van der Waals surface area contributed by atoms with Gasteiger partial charge >= 0.3 is 5.97 Å². The minimum Gasteiger partial charge on any atom is -0.462 e. The van der Waals surface area contributed by atoms with Crippen molar-refractivity contribution >= 4 is 5.97 Å². The van der Waals surface area contributed by atoms with Crippen LogP contribution in [0.3, 0.4) is 0 Å². The van der Waals surface area contributed by atoms with Crippen molar-refractivity contribution in [3.63, 3.8) is 0 Å². The normalized spacial score (nSPS) is 12.4. The minimum absolute atomic E-state index is 0.0563. The minimum atomic E-state index is 0.0563. The van der Waals surface area contributed by atoms with Gasteiger partial charge in [0.25, 0.3) is 0 Å². The lowest BCUT2D eigenvalue weighted by Gasteiger charge is -2.18. The van der Waals surface area contributed by atoms with E-state index < -0.39 is 0 Å². The standard InChI is InChI=1S/C34H66O2/c1-4-7-10-13-16-18-19-21-23-26-29-32-34(35)36-33(30-27-24-15-12-9-6-3)31-28-25-22-20-17-14-11-8-5-2/h13,16,33H,4-12,14-15,17-32H2,1-3H3/b16-13-. The summed E-state index contributed by atoms with van der Waals surface area (Å²) in [5.41, 5.74) is 0. The molecule has 0 aromatic rings. The van der Waals surface area contributed by atoms with Gasteiger partial charge in [-0.25, -0.2) is 0 Å². The van der Waals surface area contributed by atoms with E-state index >= 15 is 0 Å². The molecule has 0 saturated carbocycles. The van der Waals surface area contributed by atoms with Crippen LogP contribution in [0.2, 0.25) is 0 Å². The molecule has 0 aliphatic heterocycles. The van der Waals surface area contributed by atoms with Crippen LogP contribution in [-0.2, 0) is 9.53 Å². The number of esters is 1. The van der Waals surface area contributed by atoms with Gasteiger partial charge in [-0.2, -0.15) is 0 Å². The molecule has 1 atom stereocenters. The number of unbranched alkanes of at least 4 members (excludes halogenated alkanes) is 20. The first kappa shape index (κ1) is 35.2. The van der Waals surface area contributed by atoms with Crippen LogP contribution in [0.15, 0.2) is 12.2 Å². The Morgan fingerprint density at radius 2 is 0.889 bits per heavy atom. The molecule has 0 amide bonds. The molecule has 0 fully saturated rings. The Morgan fingerprint density at radius 1 is 0.500 bits per heavy atom.